The van der Waals surface area contributed by atoms with Gasteiger partial charge in [0.2, 0.25) is 0 Å². The first kappa shape index (κ1) is 11.9. The van der Waals surface area contributed by atoms with Crippen LogP contribution in [-0.2, 0) is 6.42 Å². The van der Waals surface area contributed by atoms with E-state index in [0.29, 0.717) is 5.02 Å². The highest BCUT2D eigenvalue weighted by Crippen LogP contribution is 2.20. The lowest BCUT2D eigenvalue weighted by atomic mass is 10.1. The van der Waals surface area contributed by atoms with Gasteiger partial charge in [-0.25, -0.2) is 14.6 Å². The van der Waals surface area contributed by atoms with Crippen molar-refractivity contribution in [2.45, 2.75) is 19.8 Å². The molecule has 2 aromatic rings. The Hall–Kier alpha value is -1.62. The number of hydrogen-bond acceptors (Lipinski definition) is 4. The second-order valence-electron chi connectivity index (χ2n) is 3.63. The molecular weight excluding hydrogens is 238 g/mol. The predicted octanol–water partition coefficient (Wildman–Crippen LogP) is 2.31. The molecule has 0 aliphatic heterocycles. The van der Waals surface area contributed by atoms with Crippen molar-refractivity contribution in [3.63, 3.8) is 0 Å². The number of nitrogens with zero attached hydrogens (tertiary/aromatic N) is 4. The normalized spacial score (nSPS) is 10.5. The zero-order chi connectivity index (χ0) is 12.3. The third kappa shape index (κ3) is 2.39. The van der Waals surface area contributed by atoms with Gasteiger partial charge in [-0.15, -0.1) is 0 Å². The van der Waals surface area contributed by atoms with E-state index in [1.54, 1.807) is 17.1 Å². The van der Waals surface area contributed by atoms with Crippen LogP contribution >= 0.6 is 11.6 Å². The second kappa shape index (κ2) is 5.14. The summed E-state index contributed by atoms with van der Waals surface area (Å²) in [6, 6.07) is 0. The van der Waals surface area contributed by atoms with E-state index in [9.17, 15) is 0 Å². The van der Waals surface area contributed by atoms with Crippen molar-refractivity contribution in [3.05, 3.63) is 29.3 Å². The fourth-order valence-corrected chi connectivity index (χ4v) is 1.85. The first-order valence-corrected chi connectivity index (χ1v) is 5.86. The summed E-state index contributed by atoms with van der Waals surface area (Å²) < 4.78 is 1.68. The van der Waals surface area contributed by atoms with E-state index in [1.165, 1.54) is 6.33 Å². The van der Waals surface area contributed by atoms with E-state index in [1.807, 2.05) is 7.05 Å². The highest BCUT2D eigenvalue weighted by molar-refractivity contribution is 6.30. The molecule has 0 bridgehead atoms. The van der Waals surface area contributed by atoms with Crippen molar-refractivity contribution in [1.29, 1.82) is 0 Å². The Morgan fingerprint density at radius 1 is 1.41 bits per heavy atom. The number of halogens is 1. The highest BCUT2D eigenvalue weighted by Gasteiger charge is 2.12. The first-order chi connectivity index (χ1) is 8.26. The minimum Gasteiger partial charge on any atom is -0.373 e. The summed E-state index contributed by atoms with van der Waals surface area (Å²) in [5.74, 6) is 1.61. The average molecular weight is 252 g/mol. The van der Waals surface area contributed by atoms with Crippen LogP contribution in [0.1, 0.15) is 18.9 Å². The quantitative estimate of drug-likeness (QED) is 0.906. The SMILES string of the molecule is CCCc1c(NC)ncnc1-n1cc(Cl)cn1. The lowest BCUT2D eigenvalue weighted by Gasteiger charge is -2.11. The van der Waals surface area contributed by atoms with Gasteiger partial charge in [0.1, 0.15) is 12.1 Å². The minimum absolute atomic E-state index is 0.595. The van der Waals surface area contributed by atoms with Gasteiger partial charge in [-0.2, -0.15) is 5.10 Å². The largest absolute Gasteiger partial charge is 0.373 e. The third-order valence-corrected chi connectivity index (χ3v) is 2.62. The van der Waals surface area contributed by atoms with Crippen molar-refractivity contribution in [3.8, 4) is 5.82 Å². The van der Waals surface area contributed by atoms with Crippen molar-refractivity contribution in [1.82, 2.24) is 19.7 Å². The molecule has 0 saturated carbocycles. The molecule has 17 heavy (non-hydrogen) atoms. The van der Waals surface area contributed by atoms with Crippen molar-refractivity contribution in [2.24, 2.45) is 0 Å². The van der Waals surface area contributed by atoms with Crippen LogP contribution < -0.4 is 5.32 Å². The molecule has 0 radical (unpaired) electrons. The van der Waals surface area contributed by atoms with Crippen LogP contribution in [0.3, 0.4) is 0 Å². The summed E-state index contributed by atoms with van der Waals surface area (Å²) in [5, 5.41) is 7.84. The van der Waals surface area contributed by atoms with E-state index in [4.69, 9.17) is 11.6 Å². The molecule has 1 N–H and O–H groups in total. The molecule has 90 valence electrons. The van der Waals surface area contributed by atoms with Crippen molar-refractivity contribution < 1.29 is 0 Å². The molecule has 5 nitrogen and oxygen atoms in total. The standard InChI is InChI=1S/C11H14ClN5/c1-3-4-9-10(13-2)14-7-15-11(9)17-6-8(12)5-16-17/h5-7H,3-4H2,1-2H3,(H,13,14,15). The third-order valence-electron chi connectivity index (χ3n) is 2.43. The molecule has 0 spiro atoms. The number of rotatable bonds is 4. The molecule has 0 aromatic carbocycles. The Balaban J connectivity index is 2.52. The van der Waals surface area contributed by atoms with E-state index < -0.39 is 0 Å². The topological polar surface area (TPSA) is 55.6 Å². The van der Waals surface area contributed by atoms with Crippen LogP contribution in [0.4, 0.5) is 5.82 Å². The van der Waals surface area contributed by atoms with Crippen LogP contribution in [0.5, 0.6) is 0 Å². The van der Waals surface area contributed by atoms with E-state index in [2.05, 4.69) is 27.3 Å². The van der Waals surface area contributed by atoms with Gasteiger partial charge in [-0.1, -0.05) is 24.9 Å². The molecule has 0 fully saturated rings. The number of anilines is 1. The monoisotopic (exact) mass is 251 g/mol. The maximum absolute atomic E-state index is 5.87. The molecule has 6 heteroatoms. The zero-order valence-corrected chi connectivity index (χ0v) is 10.6. The van der Waals surface area contributed by atoms with Crippen LogP contribution in [0.15, 0.2) is 18.7 Å². The van der Waals surface area contributed by atoms with Gasteiger partial charge < -0.3 is 5.32 Å². The van der Waals surface area contributed by atoms with E-state index in [-0.39, 0.29) is 0 Å². The lowest BCUT2D eigenvalue weighted by molar-refractivity contribution is 0.800. The predicted molar refractivity (Wildman–Crippen MR) is 67.7 cm³/mol. The Bertz CT molecular complexity index is 508. The first-order valence-electron chi connectivity index (χ1n) is 5.48. The molecule has 0 atom stereocenters. The molecular formula is C11H14ClN5. The van der Waals surface area contributed by atoms with Gasteiger partial charge in [0.05, 0.1) is 17.4 Å². The lowest BCUT2D eigenvalue weighted by Crippen LogP contribution is -2.08. The summed E-state index contributed by atoms with van der Waals surface area (Å²) in [5.41, 5.74) is 1.05. The van der Waals surface area contributed by atoms with Gasteiger partial charge in [0.15, 0.2) is 5.82 Å². The molecule has 0 aliphatic rings. The Morgan fingerprint density at radius 2 is 2.24 bits per heavy atom. The maximum Gasteiger partial charge on any atom is 0.162 e. The molecule has 2 rings (SSSR count). The van der Waals surface area contributed by atoms with Crippen LogP contribution in [0.25, 0.3) is 5.82 Å². The second-order valence-corrected chi connectivity index (χ2v) is 4.06. The van der Waals surface area contributed by atoms with Gasteiger partial charge in [-0.05, 0) is 6.42 Å². The Labute approximate surface area is 105 Å². The summed E-state index contributed by atoms with van der Waals surface area (Å²) in [7, 11) is 1.85. The molecule has 0 aliphatic carbocycles. The molecule has 2 aromatic heterocycles. The van der Waals surface area contributed by atoms with Gasteiger partial charge in [0, 0.05) is 12.6 Å². The van der Waals surface area contributed by atoms with Gasteiger partial charge >= 0.3 is 0 Å². The number of hydrogen-bond donors (Lipinski definition) is 1. The molecule has 0 amide bonds. The number of nitrogens with one attached hydrogen (secondary N) is 1. The molecule has 0 saturated heterocycles. The fraction of sp³-hybridized carbons (Fsp3) is 0.364. The van der Waals surface area contributed by atoms with Crippen LogP contribution in [0, 0.1) is 0 Å². The highest BCUT2D eigenvalue weighted by atomic mass is 35.5. The Morgan fingerprint density at radius 3 is 2.82 bits per heavy atom. The average Bonchev–Trinajstić information content (AvgIpc) is 2.76. The summed E-state index contributed by atoms with van der Waals surface area (Å²) in [6.07, 6.45) is 6.77. The molecule has 2 heterocycles. The van der Waals surface area contributed by atoms with Crippen LogP contribution in [0.2, 0.25) is 5.02 Å². The van der Waals surface area contributed by atoms with E-state index in [0.717, 1.165) is 30.0 Å². The van der Waals surface area contributed by atoms with E-state index >= 15 is 0 Å². The summed E-state index contributed by atoms with van der Waals surface area (Å²) in [4.78, 5) is 8.49. The maximum atomic E-state index is 5.87. The fourth-order valence-electron chi connectivity index (χ4n) is 1.71. The summed E-state index contributed by atoms with van der Waals surface area (Å²) >= 11 is 5.87. The smallest absolute Gasteiger partial charge is 0.162 e. The molecule has 0 unspecified atom stereocenters. The van der Waals surface area contributed by atoms with Crippen LogP contribution in [-0.4, -0.2) is 26.8 Å². The van der Waals surface area contributed by atoms with Gasteiger partial charge in [0.25, 0.3) is 0 Å². The zero-order valence-electron chi connectivity index (χ0n) is 9.81. The van der Waals surface area contributed by atoms with Crippen molar-refractivity contribution >= 4 is 17.4 Å². The van der Waals surface area contributed by atoms with Crippen molar-refractivity contribution in [2.75, 3.05) is 12.4 Å². The Kier molecular flexibility index (Phi) is 3.58. The minimum atomic E-state index is 0.595. The number of aromatic nitrogens is 4. The summed E-state index contributed by atoms with van der Waals surface area (Å²) in [6.45, 7) is 2.12. The van der Waals surface area contributed by atoms with Gasteiger partial charge in [-0.3, -0.25) is 0 Å².